The van der Waals surface area contributed by atoms with E-state index in [0.29, 0.717) is 24.6 Å². The van der Waals surface area contributed by atoms with Gasteiger partial charge in [0, 0.05) is 36.9 Å². The highest BCUT2D eigenvalue weighted by molar-refractivity contribution is 7.90. The number of sulfonamides is 1. The number of rotatable bonds is 6. The maximum Gasteiger partial charge on any atom is 0.254 e. The molecule has 1 aliphatic carbocycles. The van der Waals surface area contributed by atoms with Crippen LogP contribution in [-0.2, 0) is 14.8 Å². The van der Waals surface area contributed by atoms with E-state index in [1.807, 2.05) is 43.0 Å². The second-order valence-electron chi connectivity index (χ2n) is 10.4. The van der Waals surface area contributed by atoms with E-state index in [9.17, 15) is 13.2 Å². The van der Waals surface area contributed by atoms with Gasteiger partial charge in [-0.25, -0.2) is 13.1 Å². The number of hydrogen-bond donors (Lipinski definition) is 2. The maximum absolute atomic E-state index is 12.8. The summed E-state index contributed by atoms with van der Waals surface area (Å²) in [6, 6.07) is 7.72. The number of carbonyl (C=O) groups is 1. The summed E-state index contributed by atoms with van der Waals surface area (Å²) in [5, 5.41) is 3.48. The molecule has 1 amide bonds. The van der Waals surface area contributed by atoms with Crippen LogP contribution in [0.25, 0.3) is 0 Å². The van der Waals surface area contributed by atoms with Gasteiger partial charge in [-0.05, 0) is 90.5 Å². The summed E-state index contributed by atoms with van der Waals surface area (Å²) < 4.78 is 32.6. The van der Waals surface area contributed by atoms with Crippen molar-refractivity contribution in [3.63, 3.8) is 0 Å². The predicted octanol–water partition coefficient (Wildman–Crippen LogP) is 3.62. The molecule has 0 aromatic heterocycles. The molecular weight excluding hydrogens is 426 g/mol. The SMILES string of the molecule is C[C@@H]1CN(C(=O)c2ccc(NCC3CCC(NS(=O)(=O)C(C)(C)C)CC3)cc2)C[C@H](C)O1. The van der Waals surface area contributed by atoms with E-state index >= 15 is 0 Å². The van der Waals surface area contributed by atoms with E-state index in [0.717, 1.165) is 37.9 Å². The van der Waals surface area contributed by atoms with Crippen LogP contribution in [0.5, 0.6) is 0 Å². The van der Waals surface area contributed by atoms with E-state index in [-0.39, 0.29) is 24.2 Å². The first-order valence-corrected chi connectivity index (χ1v) is 13.2. The number of benzene rings is 1. The first kappa shape index (κ1) is 25.0. The highest BCUT2D eigenvalue weighted by Crippen LogP contribution is 2.27. The molecule has 1 saturated carbocycles. The van der Waals surface area contributed by atoms with E-state index in [4.69, 9.17) is 4.74 Å². The van der Waals surface area contributed by atoms with Crippen molar-refractivity contribution >= 4 is 21.6 Å². The summed E-state index contributed by atoms with van der Waals surface area (Å²) in [7, 11) is -3.30. The van der Waals surface area contributed by atoms with Gasteiger partial charge in [0.2, 0.25) is 10.0 Å². The van der Waals surface area contributed by atoms with Crippen LogP contribution < -0.4 is 10.0 Å². The topological polar surface area (TPSA) is 87.7 Å². The molecule has 2 N–H and O–H groups in total. The van der Waals surface area contributed by atoms with Crippen molar-refractivity contribution in [2.45, 2.75) is 83.3 Å². The van der Waals surface area contributed by atoms with E-state index in [1.165, 1.54) is 0 Å². The van der Waals surface area contributed by atoms with E-state index < -0.39 is 14.8 Å². The molecule has 1 heterocycles. The number of nitrogens with one attached hydrogen (secondary N) is 2. The van der Waals surface area contributed by atoms with Gasteiger partial charge in [-0.15, -0.1) is 0 Å². The third-order valence-corrected chi connectivity index (χ3v) is 8.66. The van der Waals surface area contributed by atoms with Gasteiger partial charge in [0.15, 0.2) is 0 Å². The molecule has 180 valence electrons. The molecule has 0 bridgehead atoms. The lowest BCUT2D eigenvalue weighted by molar-refractivity contribution is -0.0586. The van der Waals surface area contributed by atoms with Crippen LogP contribution in [0.3, 0.4) is 0 Å². The Kier molecular flexibility index (Phi) is 7.89. The summed E-state index contributed by atoms with van der Waals surface area (Å²) in [5.41, 5.74) is 1.70. The van der Waals surface area contributed by atoms with Gasteiger partial charge in [-0.2, -0.15) is 0 Å². The molecule has 8 heteroatoms. The minimum atomic E-state index is -3.30. The molecule has 2 fully saturated rings. The molecule has 0 spiro atoms. The minimum Gasteiger partial charge on any atom is -0.385 e. The average molecular weight is 466 g/mol. The van der Waals surface area contributed by atoms with Crippen molar-refractivity contribution in [2.75, 3.05) is 25.0 Å². The lowest BCUT2D eigenvalue weighted by atomic mass is 9.86. The Balaban J connectivity index is 1.45. The standard InChI is InChI=1S/C24H39N3O4S/c1-17-15-27(16-18(2)31-17)23(28)20-8-12-21(13-9-20)25-14-19-6-10-22(11-7-19)26-32(29,30)24(3,4)5/h8-9,12-13,17-19,22,25-26H,6-7,10-11,14-16H2,1-5H3/t17-,18+,19?,22?. The molecule has 0 radical (unpaired) electrons. The van der Waals surface area contributed by atoms with Gasteiger partial charge < -0.3 is 15.0 Å². The van der Waals surface area contributed by atoms with Crippen LogP contribution in [0, 0.1) is 5.92 Å². The molecule has 1 aromatic carbocycles. The first-order valence-electron chi connectivity index (χ1n) is 11.7. The Hall–Kier alpha value is -1.64. The van der Waals surface area contributed by atoms with Crippen molar-refractivity contribution < 1.29 is 17.9 Å². The van der Waals surface area contributed by atoms with Crippen molar-refractivity contribution in [2.24, 2.45) is 5.92 Å². The normalized spacial score (nSPS) is 27.2. The number of nitrogens with zero attached hydrogens (tertiary/aromatic N) is 1. The summed E-state index contributed by atoms with van der Waals surface area (Å²) in [4.78, 5) is 14.7. The zero-order valence-corrected chi connectivity index (χ0v) is 20.9. The third kappa shape index (κ3) is 6.45. The Labute approximate surface area is 193 Å². The molecule has 3 rings (SSSR count). The third-order valence-electron chi connectivity index (χ3n) is 6.41. The van der Waals surface area contributed by atoms with Crippen LogP contribution in [0.1, 0.15) is 70.7 Å². The highest BCUT2D eigenvalue weighted by atomic mass is 32.2. The Morgan fingerprint density at radius 2 is 1.59 bits per heavy atom. The predicted molar refractivity (Wildman–Crippen MR) is 128 cm³/mol. The number of amides is 1. The summed E-state index contributed by atoms with van der Waals surface area (Å²) in [6.45, 7) is 11.3. The molecule has 1 aliphatic heterocycles. The lowest BCUT2D eigenvalue weighted by Crippen LogP contribution is -2.48. The minimum absolute atomic E-state index is 0.0337. The number of anilines is 1. The largest absolute Gasteiger partial charge is 0.385 e. The molecule has 0 unspecified atom stereocenters. The Morgan fingerprint density at radius 1 is 1.03 bits per heavy atom. The Bertz CT molecular complexity index is 862. The van der Waals surface area contributed by atoms with Crippen LogP contribution >= 0.6 is 0 Å². The quantitative estimate of drug-likeness (QED) is 0.670. The van der Waals surface area contributed by atoms with Gasteiger partial charge in [0.25, 0.3) is 5.91 Å². The molecular formula is C24H39N3O4S. The second kappa shape index (κ2) is 10.1. The van der Waals surface area contributed by atoms with Crippen molar-refractivity contribution in [1.82, 2.24) is 9.62 Å². The zero-order chi connectivity index (χ0) is 23.5. The molecule has 7 nitrogen and oxygen atoms in total. The van der Waals surface area contributed by atoms with Crippen LogP contribution in [0.2, 0.25) is 0 Å². The van der Waals surface area contributed by atoms with Crippen LogP contribution in [0.15, 0.2) is 24.3 Å². The van der Waals surface area contributed by atoms with Gasteiger partial charge in [-0.1, -0.05) is 0 Å². The van der Waals surface area contributed by atoms with Crippen molar-refractivity contribution in [3.05, 3.63) is 29.8 Å². The Morgan fingerprint density at radius 3 is 2.12 bits per heavy atom. The van der Waals surface area contributed by atoms with E-state index in [1.54, 1.807) is 20.8 Å². The van der Waals surface area contributed by atoms with E-state index in [2.05, 4.69) is 10.0 Å². The molecule has 1 saturated heterocycles. The number of hydrogen-bond acceptors (Lipinski definition) is 5. The molecule has 2 aliphatic rings. The van der Waals surface area contributed by atoms with Crippen LogP contribution in [-0.4, -0.2) is 61.9 Å². The zero-order valence-electron chi connectivity index (χ0n) is 20.1. The lowest BCUT2D eigenvalue weighted by Gasteiger charge is -2.35. The number of carbonyl (C=O) groups excluding carboxylic acids is 1. The van der Waals surface area contributed by atoms with Gasteiger partial charge >= 0.3 is 0 Å². The summed E-state index contributed by atoms with van der Waals surface area (Å²) >= 11 is 0. The molecule has 1 aromatic rings. The van der Waals surface area contributed by atoms with Gasteiger partial charge in [0.05, 0.1) is 17.0 Å². The van der Waals surface area contributed by atoms with Crippen molar-refractivity contribution in [3.8, 4) is 0 Å². The number of ether oxygens (including phenoxy) is 1. The van der Waals surface area contributed by atoms with Gasteiger partial charge in [-0.3, -0.25) is 4.79 Å². The van der Waals surface area contributed by atoms with Crippen molar-refractivity contribution in [1.29, 1.82) is 0 Å². The highest BCUT2D eigenvalue weighted by Gasteiger charge is 2.33. The molecule has 32 heavy (non-hydrogen) atoms. The fraction of sp³-hybridized carbons (Fsp3) is 0.708. The first-order chi connectivity index (χ1) is 14.9. The summed E-state index contributed by atoms with van der Waals surface area (Å²) in [6.07, 6.45) is 3.84. The molecule has 2 atom stereocenters. The van der Waals surface area contributed by atoms with Crippen LogP contribution in [0.4, 0.5) is 5.69 Å². The average Bonchev–Trinajstić information content (AvgIpc) is 2.71. The fourth-order valence-corrected chi connectivity index (χ4v) is 5.43. The second-order valence-corrected chi connectivity index (χ2v) is 12.8. The number of morpholine rings is 1. The van der Waals surface area contributed by atoms with Gasteiger partial charge in [0.1, 0.15) is 0 Å². The summed E-state index contributed by atoms with van der Waals surface area (Å²) in [5.74, 6) is 0.567. The fourth-order valence-electron chi connectivity index (χ4n) is 4.40. The smallest absolute Gasteiger partial charge is 0.254 e. The monoisotopic (exact) mass is 465 g/mol. The maximum atomic E-state index is 12.8.